The number of imide groups is 1. The molecule has 2 amide bonds. The molecule has 2 aromatic carbocycles. The summed E-state index contributed by atoms with van der Waals surface area (Å²) in [5.74, 6) is -2.04. The van der Waals surface area contributed by atoms with E-state index >= 15 is 0 Å². The van der Waals surface area contributed by atoms with Gasteiger partial charge in [0.2, 0.25) is 11.8 Å². The van der Waals surface area contributed by atoms with Gasteiger partial charge in [0.15, 0.2) is 0 Å². The van der Waals surface area contributed by atoms with Crippen LogP contribution in [0, 0.1) is 31.6 Å². The molecule has 0 aromatic heterocycles. The molecule has 5 rings (SSSR count). The van der Waals surface area contributed by atoms with Gasteiger partial charge in [0.1, 0.15) is 18.1 Å². The van der Waals surface area contributed by atoms with Crippen LogP contribution in [0.2, 0.25) is 0 Å². The fourth-order valence-electron chi connectivity index (χ4n) is 6.63. The Balaban J connectivity index is 1.43. The third kappa shape index (κ3) is 5.90. The Bertz CT molecular complexity index is 1340. The highest BCUT2D eigenvalue weighted by molar-refractivity contribution is 6.53. The van der Waals surface area contributed by atoms with Gasteiger partial charge in [-0.05, 0) is 97.5 Å². The molecular formula is C31H36BNO8. The summed E-state index contributed by atoms with van der Waals surface area (Å²) in [6.45, 7) is 4.03. The topological polar surface area (TPSA) is 134 Å². The number of likely N-dealkylation sites (tertiary alicyclic amines) is 1. The van der Waals surface area contributed by atoms with Crippen LogP contribution in [0.1, 0.15) is 61.3 Å². The number of nitrogens with zero attached hydrogens (tertiary/aromatic N) is 1. The summed E-state index contributed by atoms with van der Waals surface area (Å²) in [5, 5.41) is 30.5. The Morgan fingerprint density at radius 2 is 1.76 bits per heavy atom. The van der Waals surface area contributed by atoms with Gasteiger partial charge < -0.3 is 24.6 Å². The minimum absolute atomic E-state index is 0.0583. The lowest BCUT2D eigenvalue weighted by Gasteiger charge is -2.42. The number of aliphatic carboxylic acids is 1. The first-order valence-corrected chi connectivity index (χ1v) is 14.3. The molecule has 1 aliphatic carbocycles. The Morgan fingerprint density at radius 3 is 2.44 bits per heavy atom. The molecule has 3 aliphatic rings. The second-order valence-electron chi connectivity index (χ2n) is 11.4. The molecule has 9 nitrogen and oxygen atoms in total. The molecule has 0 radical (unpaired) electrons. The van der Waals surface area contributed by atoms with E-state index in [-0.39, 0.29) is 37.1 Å². The number of aromatic hydroxyl groups is 1. The summed E-state index contributed by atoms with van der Waals surface area (Å²) in [7, 11) is -1.27. The molecule has 216 valence electrons. The van der Waals surface area contributed by atoms with Gasteiger partial charge in [0, 0.05) is 13.0 Å². The third-order valence-electron chi connectivity index (χ3n) is 8.62. The van der Waals surface area contributed by atoms with Crippen molar-refractivity contribution >= 4 is 24.9 Å². The number of hydrogen-bond acceptors (Lipinski definition) is 7. The summed E-state index contributed by atoms with van der Waals surface area (Å²) >= 11 is 0. The Morgan fingerprint density at radius 1 is 1.05 bits per heavy atom. The molecule has 10 heteroatoms. The van der Waals surface area contributed by atoms with Crippen LogP contribution in [0.3, 0.4) is 0 Å². The monoisotopic (exact) mass is 561 g/mol. The number of hydrogen-bond donors (Lipinski definition) is 3. The van der Waals surface area contributed by atoms with E-state index < -0.39 is 36.9 Å². The molecule has 2 saturated heterocycles. The zero-order valence-electron chi connectivity index (χ0n) is 23.4. The van der Waals surface area contributed by atoms with Gasteiger partial charge in [-0.3, -0.25) is 19.3 Å². The van der Waals surface area contributed by atoms with Crippen molar-refractivity contribution in [2.45, 2.75) is 58.5 Å². The molecule has 3 N–H and O–H groups in total. The number of allylic oxidation sites excluding steroid dienone is 1. The predicted octanol–water partition coefficient (Wildman–Crippen LogP) is 4.13. The van der Waals surface area contributed by atoms with Crippen LogP contribution in [-0.2, 0) is 19.0 Å². The number of phenolic OH excluding ortho intramolecular Hbond substituents is 1. The fourth-order valence-corrected chi connectivity index (χ4v) is 6.63. The summed E-state index contributed by atoms with van der Waals surface area (Å²) < 4.78 is 12.2. The van der Waals surface area contributed by atoms with E-state index in [0.29, 0.717) is 54.5 Å². The van der Waals surface area contributed by atoms with Gasteiger partial charge in [-0.25, -0.2) is 0 Å². The van der Waals surface area contributed by atoms with Gasteiger partial charge >= 0.3 is 13.1 Å². The Labute approximate surface area is 239 Å². The average Bonchev–Trinajstić information content (AvgIpc) is 3.18. The number of carboxylic acid groups (broad SMARTS) is 1. The molecule has 0 spiro atoms. The van der Waals surface area contributed by atoms with Crippen molar-refractivity contribution in [1.82, 2.24) is 4.90 Å². The maximum absolute atomic E-state index is 13.8. The fraction of sp³-hybridized carbons (Fsp3) is 0.452. The number of carbonyl (C=O) groups is 3. The first-order valence-electron chi connectivity index (χ1n) is 14.3. The Kier molecular flexibility index (Phi) is 8.51. The zero-order valence-corrected chi connectivity index (χ0v) is 23.4. The summed E-state index contributed by atoms with van der Waals surface area (Å²) in [6.07, 6.45) is 1.87. The normalized spacial score (nSPS) is 24.0. The minimum Gasteiger partial charge on any atom is -0.507 e. The number of amides is 2. The van der Waals surface area contributed by atoms with Crippen LogP contribution in [0.15, 0.2) is 53.5 Å². The lowest BCUT2D eigenvalue weighted by molar-refractivity contribution is -0.141. The standard InChI is InChI=1S/C31H36BNO8/c1-18-13-20(14-19(2)29(18)36)25-16-23-27-24(30(37)33(31(27)38)12-8-4-7-11-26(34)35)15-21(28(23)32(39)41-25)17-40-22-9-5-3-6-10-22/h3,5-6,9-10,13-14,23-25,27,36,39H,4,7-8,11-12,15-17H2,1-2H3,(H,34,35)/t23-,24-,25-,27+/m0/s1. The molecule has 2 heterocycles. The van der Waals surface area contributed by atoms with Gasteiger partial charge in [-0.15, -0.1) is 0 Å². The van der Waals surface area contributed by atoms with E-state index in [4.69, 9.17) is 14.5 Å². The average molecular weight is 561 g/mol. The van der Waals surface area contributed by atoms with E-state index in [2.05, 4.69) is 0 Å². The highest BCUT2D eigenvalue weighted by Gasteiger charge is 2.57. The van der Waals surface area contributed by atoms with Crippen LogP contribution in [0.5, 0.6) is 11.5 Å². The van der Waals surface area contributed by atoms with Crippen LogP contribution < -0.4 is 4.74 Å². The van der Waals surface area contributed by atoms with Crippen molar-refractivity contribution in [2.75, 3.05) is 13.2 Å². The van der Waals surface area contributed by atoms with Crippen molar-refractivity contribution in [1.29, 1.82) is 0 Å². The molecule has 2 aliphatic heterocycles. The van der Waals surface area contributed by atoms with Crippen molar-refractivity contribution in [2.24, 2.45) is 17.8 Å². The maximum Gasteiger partial charge on any atom is 0.487 e. The minimum atomic E-state index is -1.27. The molecule has 2 fully saturated rings. The number of benzene rings is 2. The summed E-state index contributed by atoms with van der Waals surface area (Å²) in [6, 6.07) is 13.0. The first kappa shape index (κ1) is 28.9. The number of para-hydroxylation sites is 1. The molecule has 4 atom stereocenters. The number of aryl methyl sites for hydroxylation is 2. The van der Waals surface area contributed by atoms with E-state index in [0.717, 1.165) is 11.1 Å². The van der Waals surface area contributed by atoms with E-state index in [1.807, 2.05) is 42.5 Å². The maximum atomic E-state index is 13.8. The van der Waals surface area contributed by atoms with Gasteiger partial charge in [0.25, 0.3) is 0 Å². The zero-order chi connectivity index (χ0) is 29.3. The van der Waals surface area contributed by atoms with E-state index in [9.17, 15) is 24.5 Å². The number of phenols is 1. The number of ether oxygens (including phenoxy) is 1. The molecule has 0 unspecified atom stereocenters. The van der Waals surface area contributed by atoms with Crippen LogP contribution >= 0.6 is 0 Å². The number of carbonyl (C=O) groups excluding carboxylic acids is 2. The van der Waals surface area contributed by atoms with Crippen molar-refractivity contribution in [3.63, 3.8) is 0 Å². The van der Waals surface area contributed by atoms with E-state index in [1.165, 1.54) is 4.90 Å². The highest BCUT2D eigenvalue weighted by atomic mass is 16.5. The quantitative estimate of drug-likeness (QED) is 0.224. The van der Waals surface area contributed by atoms with Crippen LogP contribution in [0.25, 0.3) is 0 Å². The van der Waals surface area contributed by atoms with Gasteiger partial charge in [-0.2, -0.15) is 0 Å². The molecular weight excluding hydrogens is 525 g/mol. The van der Waals surface area contributed by atoms with Gasteiger partial charge in [0.05, 0.1) is 17.9 Å². The largest absolute Gasteiger partial charge is 0.507 e. The third-order valence-corrected chi connectivity index (χ3v) is 8.62. The Hall–Kier alpha value is -3.63. The van der Waals surface area contributed by atoms with Gasteiger partial charge in [-0.1, -0.05) is 24.6 Å². The second-order valence-corrected chi connectivity index (χ2v) is 11.4. The molecule has 0 bridgehead atoms. The van der Waals surface area contributed by atoms with Crippen LogP contribution in [-0.4, -0.2) is 58.2 Å². The first-order chi connectivity index (χ1) is 19.7. The number of rotatable bonds is 10. The number of carboxylic acids is 1. The second kappa shape index (κ2) is 12.1. The lowest BCUT2D eigenvalue weighted by Crippen LogP contribution is -2.45. The summed E-state index contributed by atoms with van der Waals surface area (Å²) in [5.41, 5.74) is 3.58. The van der Waals surface area contributed by atoms with Crippen LogP contribution in [0.4, 0.5) is 0 Å². The summed E-state index contributed by atoms with van der Waals surface area (Å²) in [4.78, 5) is 39.5. The van der Waals surface area contributed by atoms with Crippen molar-refractivity contribution < 1.29 is 39.0 Å². The highest BCUT2D eigenvalue weighted by Crippen LogP contribution is 2.51. The number of unbranched alkanes of at least 4 members (excludes halogenated alkanes) is 2. The SMILES string of the molecule is Cc1cc([C@@H]2C[C@@H]3C(=C(COc4ccccc4)C[C@@H]4C(=O)N(CCCCCC(=O)O)C(=O)[C@@H]43)B(O)O2)cc(C)c1O. The van der Waals surface area contributed by atoms with Crippen molar-refractivity contribution in [3.05, 3.63) is 70.2 Å². The lowest BCUT2D eigenvalue weighted by atomic mass is 9.55. The molecule has 0 saturated carbocycles. The van der Waals surface area contributed by atoms with Crippen molar-refractivity contribution in [3.8, 4) is 11.5 Å². The molecule has 2 aromatic rings. The smallest absolute Gasteiger partial charge is 0.487 e. The van der Waals surface area contributed by atoms with E-state index in [1.54, 1.807) is 13.8 Å². The number of fused-ring (bicyclic) bond motifs is 3. The molecule has 41 heavy (non-hydrogen) atoms. The predicted molar refractivity (Wildman–Crippen MR) is 151 cm³/mol.